The lowest BCUT2D eigenvalue weighted by Gasteiger charge is -2.14. The summed E-state index contributed by atoms with van der Waals surface area (Å²) < 4.78 is 0. The Balaban J connectivity index is 2.13. The van der Waals surface area contributed by atoms with Gasteiger partial charge < -0.3 is 5.32 Å². The number of unbranched alkanes of at least 4 members (excludes halogenated alkanes) is 6. The van der Waals surface area contributed by atoms with Crippen LogP contribution in [0.3, 0.4) is 0 Å². The van der Waals surface area contributed by atoms with E-state index in [9.17, 15) is 9.59 Å². The van der Waals surface area contributed by atoms with Gasteiger partial charge in [-0.05, 0) is 18.9 Å². The van der Waals surface area contributed by atoms with E-state index in [4.69, 9.17) is 0 Å². The molecule has 1 rings (SSSR count). The minimum absolute atomic E-state index is 0.123. The Kier molecular flexibility index (Phi) is 9.76. The highest BCUT2D eigenvalue weighted by molar-refractivity contribution is 5.94. The number of carbonyl (C=O) groups is 2. The number of rotatable bonds is 10. The molecule has 0 spiro atoms. The van der Waals surface area contributed by atoms with E-state index in [-0.39, 0.29) is 11.9 Å². The number of hydrogen-bond donors (Lipinski definition) is 2. The second kappa shape index (κ2) is 11.7. The third kappa shape index (κ3) is 9.01. The van der Waals surface area contributed by atoms with Crippen LogP contribution in [0, 0.1) is 0 Å². The smallest absolute Gasteiger partial charge is 0.321 e. The maximum absolute atomic E-state index is 11.8. The van der Waals surface area contributed by atoms with Crippen LogP contribution in [0.1, 0.15) is 76.8 Å². The molecule has 128 valence electrons. The Morgan fingerprint density at radius 3 is 2.22 bits per heavy atom. The van der Waals surface area contributed by atoms with Gasteiger partial charge in [-0.15, -0.1) is 0 Å². The first-order valence-electron chi connectivity index (χ1n) is 8.78. The topological polar surface area (TPSA) is 58.2 Å². The molecular formula is C19H30N2O2. The highest BCUT2D eigenvalue weighted by atomic mass is 16.2. The Morgan fingerprint density at radius 2 is 1.57 bits per heavy atom. The van der Waals surface area contributed by atoms with E-state index in [2.05, 4.69) is 17.6 Å². The van der Waals surface area contributed by atoms with E-state index < -0.39 is 6.03 Å². The predicted molar refractivity (Wildman–Crippen MR) is 94.1 cm³/mol. The number of imide groups is 1. The highest BCUT2D eigenvalue weighted by Gasteiger charge is 2.11. The van der Waals surface area contributed by atoms with E-state index in [1.807, 2.05) is 37.3 Å². The molecule has 0 aliphatic heterocycles. The van der Waals surface area contributed by atoms with Crippen LogP contribution in [0.15, 0.2) is 30.3 Å². The van der Waals surface area contributed by atoms with Gasteiger partial charge in [0.1, 0.15) is 0 Å². The van der Waals surface area contributed by atoms with Crippen LogP contribution < -0.4 is 10.6 Å². The summed E-state index contributed by atoms with van der Waals surface area (Å²) >= 11 is 0. The second-order valence-corrected chi connectivity index (χ2v) is 6.03. The Morgan fingerprint density at radius 1 is 0.957 bits per heavy atom. The van der Waals surface area contributed by atoms with Crippen LogP contribution >= 0.6 is 0 Å². The summed E-state index contributed by atoms with van der Waals surface area (Å²) in [5.74, 6) is -0.198. The molecule has 0 unspecified atom stereocenters. The molecule has 0 aromatic heterocycles. The summed E-state index contributed by atoms with van der Waals surface area (Å²) in [6.07, 6.45) is 8.55. The standard InChI is InChI=1S/C19H30N2O2/c1-3-4-5-6-7-8-12-15-18(22)21-19(23)20-16(2)17-13-10-9-11-14-17/h9-11,13-14,16H,3-8,12,15H2,1-2H3,(H2,20,21,22,23)/t16-/m1/s1. The minimum atomic E-state index is -0.422. The third-order valence-electron chi connectivity index (χ3n) is 3.91. The van der Waals surface area contributed by atoms with Crippen molar-refractivity contribution in [2.24, 2.45) is 0 Å². The zero-order valence-corrected chi connectivity index (χ0v) is 14.4. The van der Waals surface area contributed by atoms with Crippen LogP contribution in [0.5, 0.6) is 0 Å². The number of urea groups is 1. The number of amides is 3. The van der Waals surface area contributed by atoms with E-state index in [0.717, 1.165) is 18.4 Å². The molecule has 1 aromatic carbocycles. The molecule has 0 radical (unpaired) electrons. The fourth-order valence-electron chi connectivity index (χ4n) is 2.49. The van der Waals surface area contributed by atoms with Gasteiger partial charge in [-0.1, -0.05) is 75.8 Å². The van der Waals surface area contributed by atoms with E-state index in [1.54, 1.807) is 0 Å². The maximum Gasteiger partial charge on any atom is 0.321 e. The largest absolute Gasteiger partial charge is 0.331 e. The van der Waals surface area contributed by atoms with Crippen LogP contribution in [-0.4, -0.2) is 11.9 Å². The SMILES string of the molecule is CCCCCCCCCC(=O)NC(=O)N[C@H](C)c1ccccc1. The fraction of sp³-hybridized carbons (Fsp3) is 0.579. The molecule has 1 aromatic rings. The maximum atomic E-state index is 11.8. The van der Waals surface area contributed by atoms with Gasteiger partial charge in [0.05, 0.1) is 6.04 Å². The Bertz CT molecular complexity index is 460. The number of carbonyl (C=O) groups excluding carboxylic acids is 2. The molecule has 1 atom stereocenters. The average molecular weight is 318 g/mol. The zero-order chi connectivity index (χ0) is 16.9. The molecule has 0 saturated carbocycles. The molecular weight excluding hydrogens is 288 g/mol. The monoisotopic (exact) mass is 318 g/mol. The summed E-state index contributed by atoms with van der Waals surface area (Å²) in [5, 5.41) is 5.18. The van der Waals surface area contributed by atoms with Crippen molar-refractivity contribution in [3.8, 4) is 0 Å². The first-order valence-corrected chi connectivity index (χ1v) is 8.78. The Labute approximate surface area is 140 Å². The minimum Gasteiger partial charge on any atom is -0.331 e. The van der Waals surface area contributed by atoms with Crippen LogP contribution in [0.4, 0.5) is 4.79 Å². The molecule has 0 heterocycles. The van der Waals surface area contributed by atoms with Crippen LogP contribution in [-0.2, 0) is 4.79 Å². The molecule has 0 fully saturated rings. The van der Waals surface area contributed by atoms with E-state index >= 15 is 0 Å². The average Bonchev–Trinajstić information content (AvgIpc) is 2.54. The van der Waals surface area contributed by atoms with Gasteiger partial charge >= 0.3 is 6.03 Å². The molecule has 3 amide bonds. The molecule has 0 saturated heterocycles. The zero-order valence-electron chi connectivity index (χ0n) is 14.4. The first-order chi connectivity index (χ1) is 11.1. The summed E-state index contributed by atoms with van der Waals surface area (Å²) in [6, 6.07) is 9.14. The summed E-state index contributed by atoms with van der Waals surface area (Å²) in [5.41, 5.74) is 1.02. The van der Waals surface area contributed by atoms with Gasteiger partial charge in [0.2, 0.25) is 5.91 Å². The quantitative estimate of drug-likeness (QED) is 0.614. The molecule has 0 aliphatic carbocycles. The Hall–Kier alpha value is -1.84. The van der Waals surface area contributed by atoms with Crippen LogP contribution in [0.25, 0.3) is 0 Å². The van der Waals surface area contributed by atoms with Crippen molar-refractivity contribution in [2.45, 2.75) is 71.3 Å². The van der Waals surface area contributed by atoms with Crippen molar-refractivity contribution in [3.63, 3.8) is 0 Å². The van der Waals surface area contributed by atoms with Gasteiger partial charge in [0.15, 0.2) is 0 Å². The predicted octanol–water partition coefficient (Wildman–Crippen LogP) is 4.71. The summed E-state index contributed by atoms with van der Waals surface area (Å²) in [4.78, 5) is 23.5. The van der Waals surface area contributed by atoms with E-state index in [0.29, 0.717) is 6.42 Å². The second-order valence-electron chi connectivity index (χ2n) is 6.03. The van der Waals surface area contributed by atoms with Crippen molar-refractivity contribution in [1.29, 1.82) is 0 Å². The van der Waals surface area contributed by atoms with Gasteiger partial charge in [0, 0.05) is 6.42 Å². The van der Waals surface area contributed by atoms with Crippen molar-refractivity contribution in [1.82, 2.24) is 10.6 Å². The van der Waals surface area contributed by atoms with Crippen molar-refractivity contribution < 1.29 is 9.59 Å². The lowest BCUT2D eigenvalue weighted by molar-refractivity contribution is -0.120. The van der Waals surface area contributed by atoms with Gasteiger partial charge in [0.25, 0.3) is 0 Å². The third-order valence-corrected chi connectivity index (χ3v) is 3.91. The molecule has 0 bridgehead atoms. The first kappa shape index (κ1) is 19.2. The molecule has 2 N–H and O–H groups in total. The summed E-state index contributed by atoms with van der Waals surface area (Å²) in [7, 11) is 0. The van der Waals surface area contributed by atoms with Crippen molar-refractivity contribution in [3.05, 3.63) is 35.9 Å². The van der Waals surface area contributed by atoms with E-state index in [1.165, 1.54) is 32.1 Å². The van der Waals surface area contributed by atoms with Gasteiger partial charge in [-0.3, -0.25) is 10.1 Å². The van der Waals surface area contributed by atoms with Gasteiger partial charge in [-0.25, -0.2) is 4.79 Å². The lowest BCUT2D eigenvalue weighted by Crippen LogP contribution is -2.40. The number of nitrogens with one attached hydrogen (secondary N) is 2. The van der Waals surface area contributed by atoms with Crippen molar-refractivity contribution in [2.75, 3.05) is 0 Å². The summed E-state index contributed by atoms with van der Waals surface area (Å²) in [6.45, 7) is 4.10. The lowest BCUT2D eigenvalue weighted by atomic mass is 10.1. The van der Waals surface area contributed by atoms with Crippen molar-refractivity contribution >= 4 is 11.9 Å². The molecule has 23 heavy (non-hydrogen) atoms. The molecule has 0 aliphatic rings. The highest BCUT2D eigenvalue weighted by Crippen LogP contribution is 2.11. The van der Waals surface area contributed by atoms with Gasteiger partial charge in [-0.2, -0.15) is 0 Å². The normalized spacial score (nSPS) is 11.7. The molecule has 4 nitrogen and oxygen atoms in total. The number of benzene rings is 1. The number of hydrogen-bond acceptors (Lipinski definition) is 2. The molecule has 4 heteroatoms. The fourth-order valence-corrected chi connectivity index (χ4v) is 2.49. The van der Waals surface area contributed by atoms with Crippen LogP contribution in [0.2, 0.25) is 0 Å².